The molecule has 1 aliphatic heterocycles. The normalized spacial score (nSPS) is 19.1. The van der Waals surface area contributed by atoms with E-state index in [0.29, 0.717) is 18.0 Å². The smallest absolute Gasteiger partial charge is 0.272 e. The number of benzene rings is 1. The van der Waals surface area contributed by atoms with Gasteiger partial charge in [0.15, 0.2) is 5.69 Å². The Labute approximate surface area is 158 Å². The van der Waals surface area contributed by atoms with Crippen LogP contribution in [0.2, 0.25) is 0 Å². The number of methoxy groups -OCH3 is 1. The number of hydrogen-bond acceptors (Lipinski definition) is 4. The first-order valence-corrected chi connectivity index (χ1v) is 9.37. The van der Waals surface area contributed by atoms with Crippen molar-refractivity contribution in [3.8, 4) is 5.75 Å². The minimum absolute atomic E-state index is 0.0205. The number of carbonyl (C=O) groups excluding carboxylic acids is 2. The molecule has 2 aliphatic rings. The molecule has 2 heterocycles. The highest BCUT2D eigenvalue weighted by Crippen LogP contribution is 2.31. The zero-order valence-electron chi connectivity index (χ0n) is 15.7. The molecule has 0 radical (unpaired) electrons. The van der Waals surface area contributed by atoms with Crippen LogP contribution in [0.3, 0.4) is 0 Å². The van der Waals surface area contributed by atoms with E-state index in [1.165, 1.54) is 0 Å². The molecule has 1 atom stereocenters. The number of rotatable bonds is 4. The van der Waals surface area contributed by atoms with E-state index >= 15 is 0 Å². The zero-order valence-corrected chi connectivity index (χ0v) is 15.7. The molecule has 7 nitrogen and oxygen atoms in total. The van der Waals surface area contributed by atoms with E-state index < -0.39 is 0 Å². The van der Waals surface area contributed by atoms with E-state index in [1.807, 2.05) is 36.0 Å². The number of ether oxygens (including phenoxy) is 1. The maximum atomic E-state index is 12.8. The maximum absolute atomic E-state index is 12.8. The Bertz CT molecular complexity index is 889. The van der Waals surface area contributed by atoms with E-state index in [2.05, 4.69) is 10.4 Å². The van der Waals surface area contributed by atoms with Gasteiger partial charge in [-0.2, -0.15) is 5.10 Å². The molecule has 1 saturated heterocycles. The van der Waals surface area contributed by atoms with Crippen molar-refractivity contribution in [2.24, 2.45) is 7.05 Å². The van der Waals surface area contributed by atoms with Gasteiger partial charge in [0.05, 0.1) is 18.8 Å². The molecular weight excluding hydrogens is 344 g/mol. The molecule has 1 aromatic heterocycles. The van der Waals surface area contributed by atoms with Crippen molar-refractivity contribution in [2.45, 2.75) is 38.1 Å². The summed E-state index contributed by atoms with van der Waals surface area (Å²) in [6.45, 7) is 0.431. The van der Waals surface area contributed by atoms with Crippen LogP contribution in [-0.4, -0.2) is 41.3 Å². The number of carbonyl (C=O) groups is 2. The molecule has 0 unspecified atom stereocenters. The van der Waals surface area contributed by atoms with Crippen molar-refractivity contribution in [2.75, 3.05) is 18.6 Å². The summed E-state index contributed by atoms with van der Waals surface area (Å²) in [6, 6.07) is 7.19. The summed E-state index contributed by atoms with van der Waals surface area (Å²) in [5, 5.41) is 7.45. The number of aromatic nitrogens is 2. The Hall–Kier alpha value is -2.83. The lowest BCUT2D eigenvalue weighted by Gasteiger charge is -2.19. The Balaban J connectivity index is 1.50. The zero-order chi connectivity index (χ0) is 19.0. The Morgan fingerprint density at radius 1 is 1.26 bits per heavy atom. The second-order valence-electron chi connectivity index (χ2n) is 7.16. The molecule has 1 N–H and O–H groups in total. The van der Waals surface area contributed by atoms with Crippen LogP contribution in [0.1, 0.15) is 41.0 Å². The number of fused-ring (bicyclic) bond motifs is 1. The summed E-state index contributed by atoms with van der Waals surface area (Å²) in [5.41, 5.74) is 3.46. The van der Waals surface area contributed by atoms with Crippen LogP contribution in [-0.2, 0) is 24.7 Å². The molecular formula is C20H24N4O3. The molecule has 1 aromatic carbocycles. The quantitative estimate of drug-likeness (QED) is 0.893. The molecule has 0 bridgehead atoms. The minimum Gasteiger partial charge on any atom is -0.495 e. The van der Waals surface area contributed by atoms with Gasteiger partial charge >= 0.3 is 0 Å². The van der Waals surface area contributed by atoms with E-state index in [0.717, 1.165) is 42.6 Å². The third-order valence-electron chi connectivity index (χ3n) is 5.42. The first kappa shape index (κ1) is 17.6. The summed E-state index contributed by atoms with van der Waals surface area (Å²) < 4.78 is 7.19. The average molecular weight is 368 g/mol. The van der Waals surface area contributed by atoms with Crippen LogP contribution >= 0.6 is 0 Å². The van der Waals surface area contributed by atoms with Gasteiger partial charge in [-0.05, 0) is 37.8 Å². The summed E-state index contributed by atoms with van der Waals surface area (Å²) in [6.07, 6.45) is 4.36. The van der Waals surface area contributed by atoms with E-state index in [4.69, 9.17) is 4.74 Å². The predicted octanol–water partition coefficient (Wildman–Crippen LogP) is 1.84. The number of nitrogens with one attached hydrogen (secondary N) is 1. The minimum atomic E-state index is -0.240. The van der Waals surface area contributed by atoms with Crippen LogP contribution in [0.15, 0.2) is 24.3 Å². The van der Waals surface area contributed by atoms with Crippen LogP contribution in [0.25, 0.3) is 0 Å². The van der Waals surface area contributed by atoms with E-state index in [9.17, 15) is 9.59 Å². The molecule has 7 heteroatoms. The van der Waals surface area contributed by atoms with Gasteiger partial charge in [-0.3, -0.25) is 14.3 Å². The van der Waals surface area contributed by atoms with Gasteiger partial charge in [0, 0.05) is 31.3 Å². The van der Waals surface area contributed by atoms with Gasteiger partial charge in [0.2, 0.25) is 5.91 Å². The largest absolute Gasteiger partial charge is 0.495 e. The van der Waals surface area contributed by atoms with Crippen LogP contribution in [0, 0.1) is 0 Å². The van der Waals surface area contributed by atoms with E-state index in [-0.39, 0.29) is 24.3 Å². The second-order valence-corrected chi connectivity index (χ2v) is 7.16. The second kappa shape index (κ2) is 7.06. The molecule has 2 amide bonds. The summed E-state index contributed by atoms with van der Waals surface area (Å²) in [4.78, 5) is 27.0. The van der Waals surface area contributed by atoms with Gasteiger partial charge in [-0.25, -0.2) is 0 Å². The number of aryl methyl sites for hydroxylation is 1. The molecule has 4 rings (SSSR count). The fourth-order valence-electron chi connectivity index (χ4n) is 4.10. The number of hydrogen-bond donors (Lipinski definition) is 1. The highest BCUT2D eigenvalue weighted by molar-refractivity contribution is 5.99. The Kier molecular flexibility index (Phi) is 4.59. The van der Waals surface area contributed by atoms with E-state index in [1.54, 1.807) is 12.0 Å². The number of para-hydroxylation sites is 2. The monoisotopic (exact) mass is 368 g/mol. The first-order valence-electron chi connectivity index (χ1n) is 9.37. The first-order chi connectivity index (χ1) is 13.1. The highest BCUT2D eigenvalue weighted by atomic mass is 16.5. The van der Waals surface area contributed by atoms with Gasteiger partial charge in [-0.15, -0.1) is 0 Å². The lowest BCUT2D eigenvalue weighted by molar-refractivity contribution is -0.117. The number of anilines is 1. The molecule has 1 aliphatic carbocycles. The molecule has 1 fully saturated rings. The predicted molar refractivity (Wildman–Crippen MR) is 101 cm³/mol. The maximum Gasteiger partial charge on any atom is 0.272 e. The molecule has 0 saturated carbocycles. The Morgan fingerprint density at radius 3 is 2.85 bits per heavy atom. The number of amides is 2. The summed E-state index contributed by atoms with van der Waals surface area (Å²) in [7, 11) is 3.48. The lowest BCUT2D eigenvalue weighted by Crippen LogP contribution is -2.37. The average Bonchev–Trinajstić information content (AvgIpc) is 3.22. The van der Waals surface area contributed by atoms with Crippen LogP contribution in [0.5, 0.6) is 5.75 Å². The molecule has 2 aromatic rings. The highest BCUT2D eigenvalue weighted by Gasteiger charge is 2.34. The van der Waals surface area contributed by atoms with Crippen molar-refractivity contribution in [1.82, 2.24) is 15.1 Å². The lowest BCUT2D eigenvalue weighted by atomic mass is 9.95. The topological polar surface area (TPSA) is 76.5 Å². The third-order valence-corrected chi connectivity index (χ3v) is 5.42. The van der Waals surface area contributed by atoms with Crippen molar-refractivity contribution in [3.63, 3.8) is 0 Å². The van der Waals surface area contributed by atoms with Crippen molar-refractivity contribution < 1.29 is 14.3 Å². The van der Waals surface area contributed by atoms with Gasteiger partial charge in [0.25, 0.3) is 5.91 Å². The fraction of sp³-hybridized carbons (Fsp3) is 0.450. The van der Waals surface area contributed by atoms with Crippen molar-refractivity contribution in [3.05, 3.63) is 41.2 Å². The molecule has 142 valence electrons. The fourth-order valence-corrected chi connectivity index (χ4v) is 4.10. The van der Waals surface area contributed by atoms with Crippen molar-refractivity contribution >= 4 is 17.5 Å². The molecule has 27 heavy (non-hydrogen) atoms. The standard InChI is InChI=1S/C20H24N4O3/c1-23-15-8-4-3-7-14(15)19(22-23)20(26)21-13-11-18(25)24(12-13)16-9-5-6-10-17(16)27-2/h5-6,9-10,13H,3-4,7-8,11-12H2,1-2H3,(H,21,26)/t13-/m1/s1. The van der Waals surface area contributed by atoms with Crippen molar-refractivity contribution in [1.29, 1.82) is 0 Å². The Morgan fingerprint density at radius 2 is 2.04 bits per heavy atom. The third kappa shape index (κ3) is 3.18. The SMILES string of the molecule is COc1ccccc1N1C[C@H](NC(=O)c2nn(C)c3c2CCCC3)CC1=O. The summed E-state index contributed by atoms with van der Waals surface area (Å²) in [5.74, 6) is 0.442. The van der Waals surface area contributed by atoms with Gasteiger partial charge in [-0.1, -0.05) is 12.1 Å². The van der Waals surface area contributed by atoms with Crippen LogP contribution < -0.4 is 15.0 Å². The molecule has 0 spiro atoms. The van der Waals surface area contributed by atoms with Gasteiger partial charge < -0.3 is 15.0 Å². The van der Waals surface area contributed by atoms with Gasteiger partial charge in [0.1, 0.15) is 5.75 Å². The van der Waals surface area contributed by atoms with Crippen LogP contribution in [0.4, 0.5) is 5.69 Å². The number of nitrogens with zero attached hydrogens (tertiary/aromatic N) is 3. The summed E-state index contributed by atoms with van der Waals surface area (Å²) >= 11 is 0.